The molecule has 1 aliphatic heterocycles. The van der Waals surface area contributed by atoms with E-state index in [2.05, 4.69) is 44.8 Å². The Hall–Kier alpha value is -0.650. The predicted molar refractivity (Wildman–Crippen MR) is 90.4 cm³/mol. The van der Waals surface area contributed by atoms with Gasteiger partial charge < -0.3 is 15.0 Å². The van der Waals surface area contributed by atoms with E-state index in [9.17, 15) is 0 Å². The summed E-state index contributed by atoms with van der Waals surface area (Å²) in [5.41, 5.74) is 1.33. The molecule has 0 bridgehead atoms. The molecule has 21 heavy (non-hydrogen) atoms. The zero-order valence-corrected chi connectivity index (χ0v) is 14.8. The van der Waals surface area contributed by atoms with Crippen LogP contribution in [0.3, 0.4) is 0 Å². The molecule has 1 aliphatic rings. The third-order valence-corrected chi connectivity index (χ3v) is 4.68. The number of hydrogen-bond acceptors (Lipinski definition) is 5. The lowest BCUT2D eigenvalue weighted by molar-refractivity contribution is 0.152. The number of aromatic nitrogens is 1. The summed E-state index contributed by atoms with van der Waals surface area (Å²) in [6, 6.07) is 0.495. The lowest BCUT2D eigenvalue weighted by atomic mass is 9.91. The summed E-state index contributed by atoms with van der Waals surface area (Å²) < 4.78 is 5.55. The molecule has 5 heteroatoms. The summed E-state index contributed by atoms with van der Waals surface area (Å²) in [5.74, 6) is 0. The Bertz CT molecular complexity index is 443. The largest absolute Gasteiger partial charge is 0.380 e. The smallest absolute Gasteiger partial charge is 0.185 e. The van der Waals surface area contributed by atoms with Crippen molar-refractivity contribution in [1.29, 1.82) is 0 Å². The molecule has 0 aliphatic carbocycles. The first-order chi connectivity index (χ1) is 9.88. The Morgan fingerprint density at radius 2 is 2.05 bits per heavy atom. The zero-order valence-electron chi connectivity index (χ0n) is 14.0. The Morgan fingerprint density at radius 3 is 2.71 bits per heavy atom. The second-order valence-electron chi connectivity index (χ2n) is 7.01. The quantitative estimate of drug-likeness (QED) is 0.927. The summed E-state index contributed by atoms with van der Waals surface area (Å²) in [6.07, 6.45) is 1.09. The van der Waals surface area contributed by atoms with Gasteiger partial charge in [0.05, 0.1) is 12.3 Å². The number of hydrogen-bond donors (Lipinski definition) is 1. The van der Waals surface area contributed by atoms with Gasteiger partial charge in [-0.05, 0) is 6.42 Å². The second kappa shape index (κ2) is 7.07. The maximum absolute atomic E-state index is 5.55. The highest BCUT2D eigenvalue weighted by Crippen LogP contribution is 2.34. The van der Waals surface area contributed by atoms with Gasteiger partial charge in [-0.15, -0.1) is 11.3 Å². The molecule has 1 aromatic rings. The first-order valence-electron chi connectivity index (χ1n) is 7.94. The summed E-state index contributed by atoms with van der Waals surface area (Å²) in [4.78, 5) is 8.73. The Balaban J connectivity index is 2.22. The molecule has 0 aromatic carbocycles. The number of nitrogens with zero attached hydrogens (tertiary/aromatic N) is 2. The van der Waals surface area contributed by atoms with Crippen molar-refractivity contribution < 1.29 is 4.74 Å². The molecule has 0 spiro atoms. The Labute approximate surface area is 132 Å². The van der Waals surface area contributed by atoms with Crippen LogP contribution in [0, 0.1) is 0 Å². The molecule has 1 aromatic heterocycles. The topological polar surface area (TPSA) is 37.4 Å². The molecule has 0 saturated carbocycles. The minimum absolute atomic E-state index is 0.0884. The molecule has 1 fully saturated rings. The number of anilines is 1. The van der Waals surface area contributed by atoms with E-state index in [-0.39, 0.29) is 5.41 Å². The van der Waals surface area contributed by atoms with Crippen molar-refractivity contribution in [3.63, 3.8) is 0 Å². The average Bonchev–Trinajstić information content (AvgIpc) is 2.64. The summed E-state index contributed by atoms with van der Waals surface area (Å²) in [7, 11) is 0. The van der Waals surface area contributed by atoms with Crippen molar-refractivity contribution in [3.05, 3.63) is 10.6 Å². The minimum atomic E-state index is 0.0884. The maximum Gasteiger partial charge on any atom is 0.185 e. The SMILES string of the molecule is CC(C)NCc1sc(N2CCCOCC2)nc1C(C)(C)C. The molecule has 1 N–H and O–H groups in total. The third-order valence-electron chi connectivity index (χ3n) is 3.56. The van der Waals surface area contributed by atoms with Crippen molar-refractivity contribution in [1.82, 2.24) is 10.3 Å². The molecule has 120 valence electrons. The molecule has 2 heterocycles. The van der Waals surface area contributed by atoms with Crippen LogP contribution in [0.2, 0.25) is 0 Å². The van der Waals surface area contributed by atoms with Crippen molar-refractivity contribution in [2.75, 3.05) is 31.2 Å². The van der Waals surface area contributed by atoms with E-state index in [0.29, 0.717) is 6.04 Å². The van der Waals surface area contributed by atoms with Gasteiger partial charge in [0.15, 0.2) is 5.13 Å². The summed E-state index contributed by atoms with van der Waals surface area (Å²) >= 11 is 1.84. The van der Waals surface area contributed by atoms with Crippen LogP contribution >= 0.6 is 11.3 Å². The van der Waals surface area contributed by atoms with Gasteiger partial charge in [-0.2, -0.15) is 0 Å². The Morgan fingerprint density at radius 1 is 1.29 bits per heavy atom. The normalized spacial score (nSPS) is 17.3. The standard InChI is InChI=1S/C16H29N3OS/c1-12(2)17-11-13-14(16(3,4)5)18-15(21-13)19-7-6-9-20-10-8-19/h12,17H,6-11H2,1-5H3. The fourth-order valence-electron chi connectivity index (χ4n) is 2.41. The van der Waals surface area contributed by atoms with Gasteiger partial charge in [0, 0.05) is 42.6 Å². The highest BCUT2D eigenvalue weighted by atomic mass is 32.1. The van der Waals surface area contributed by atoms with Gasteiger partial charge in [-0.3, -0.25) is 0 Å². The highest BCUT2D eigenvalue weighted by molar-refractivity contribution is 7.15. The van der Waals surface area contributed by atoms with Crippen LogP contribution in [-0.2, 0) is 16.7 Å². The maximum atomic E-state index is 5.55. The van der Waals surface area contributed by atoms with E-state index in [0.717, 1.165) is 44.4 Å². The Kier molecular flexibility index (Phi) is 5.63. The van der Waals surface area contributed by atoms with Gasteiger partial charge in [-0.1, -0.05) is 34.6 Å². The molecule has 4 nitrogen and oxygen atoms in total. The van der Waals surface area contributed by atoms with Crippen molar-refractivity contribution in [2.24, 2.45) is 0 Å². The number of thiazole rings is 1. The highest BCUT2D eigenvalue weighted by Gasteiger charge is 2.25. The summed E-state index contributed by atoms with van der Waals surface area (Å²) in [6.45, 7) is 15.7. The lowest BCUT2D eigenvalue weighted by Gasteiger charge is -2.19. The first-order valence-corrected chi connectivity index (χ1v) is 8.76. The fraction of sp³-hybridized carbons (Fsp3) is 0.812. The van der Waals surface area contributed by atoms with Crippen LogP contribution in [0.5, 0.6) is 0 Å². The molecule has 0 amide bonds. The molecule has 0 radical (unpaired) electrons. The van der Waals surface area contributed by atoms with E-state index < -0.39 is 0 Å². The van der Waals surface area contributed by atoms with Gasteiger partial charge in [0.25, 0.3) is 0 Å². The molecule has 0 atom stereocenters. The average molecular weight is 311 g/mol. The van der Waals surface area contributed by atoms with Gasteiger partial charge in [-0.25, -0.2) is 4.98 Å². The monoisotopic (exact) mass is 311 g/mol. The molecule has 0 unspecified atom stereocenters. The fourth-order valence-corrected chi connectivity index (χ4v) is 3.69. The van der Waals surface area contributed by atoms with E-state index >= 15 is 0 Å². The molecule has 2 rings (SSSR count). The van der Waals surface area contributed by atoms with Gasteiger partial charge in [0.1, 0.15) is 0 Å². The predicted octanol–water partition coefficient (Wildman–Crippen LogP) is 3.17. The van der Waals surface area contributed by atoms with Crippen molar-refractivity contribution >= 4 is 16.5 Å². The van der Waals surface area contributed by atoms with E-state index in [4.69, 9.17) is 9.72 Å². The number of nitrogens with one attached hydrogen (secondary N) is 1. The van der Waals surface area contributed by atoms with Gasteiger partial charge >= 0.3 is 0 Å². The molecular formula is C16H29N3OS. The van der Waals surface area contributed by atoms with Crippen LogP contribution in [0.1, 0.15) is 51.6 Å². The lowest BCUT2D eigenvalue weighted by Crippen LogP contribution is -2.26. The van der Waals surface area contributed by atoms with Crippen LogP contribution in [0.4, 0.5) is 5.13 Å². The van der Waals surface area contributed by atoms with E-state index in [1.54, 1.807) is 0 Å². The minimum Gasteiger partial charge on any atom is -0.380 e. The van der Waals surface area contributed by atoms with Crippen LogP contribution in [-0.4, -0.2) is 37.3 Å². The second-order valence-corrected chi connectivity index (χ2v) is 8.07. The molecule has 1 saturated heterocycles. The summed E-state index contributed by atoms with van der Waals surface area (Å²) in [5, 5.41) is 4.69. The van der Waals surface area contributed by atoms with Crippen molar-refractivity contribution in [2.45, 2.75) is 59.0 Å². The zero-order chi connectivity index (χ0) is 15.5. The number of rotatable bonds is 4. The van der Waals surface area contributed by atoms with Crippen LogP contribution in [0.15, 0.2) is 0 Å². The first kappa shape index (κ1) is 16.7. The third kappa shape index (κ3) is 4.66. The van der Waals surface area contributed by atoms with E-state index in [1.807, 2.05) is 11.3 Å². The van der Waals surface area contributed by atoms with Crippen LogP contribution < -0.4 is 10.2 Å². The van der Waals surface area contributed by atoms with Gasteiger partial charge in [0.2, 0.25) is 0 Å². The molecular weight excluding hydrogens is 282 g/mol. The number of ether oxygens (including phenoxy) is 1. The van der Waals surface area contributed by atoms with Crippen LogP contribution in [0.25, 0.3) is 0 Å². The van der Waals surface area contributed by atoms with Crippen molar-refractivity contribution in [3.8, 4) is 0 Å². The van der Waals surface area contributed by atoms with E-state index in [1.165, 1.54) is 10.6 Å².